The monoisotopic (exact) mass is 268 g/mol. The first kappa shape index (κ1) is 13.1. The highest BCUT2D eigenvalue weighted by atomic mass is 16.3. The van der Waals surface area contributed by atoms with Gasteiger partial charge >= 0.3 is 0 Å². The molecule has 1 aromatic carbocycles. The van der Waals surface area contributed by atoms with Crippen LogP contribution in [0.2, 0.25) is 0 Å². The van der Waals surface area contributed by atoms with Gasteiger partial charge in [-0.3, -0.25) is 0 Å². The number of phenolic OH excluding ortho intramolecular Hbond substituents is 1. The number of aromatic nitrogens is 2. The second-order valence-corrected chi connectivity index (χ2v) is 5.84. The molecular formula is C17H20N2O. The van der Waals surface area contributed by atoms with Crippen molar-refractivity contribution in [1.82, 2.24) is 10.2 Å². The lowest BCUT2D eigenvalue weighted by Gasteiger charge is -2.15. The highest BCUT2D eigenvalue weighted by Gasteiger charge is 2.14. The molecule has 104 valence electrons. The van der Waals surface area contributed by atoms with Crippen LogP contribution in [0.15, 0.2) is 24.3 Å². The molecule has 3 rings (SSSR count). The number of hydrogen-bond donors (Lipinski definition) is 1. The normalized spacial score (nSPS) is 14.3. The number of aromatic hydroxyl groups is 1. The largest absolute Gasteiger partial charge is 0.508 e. The minimum absolute atomic E-state index is 0.318. The molecule has 0 atom stereocenters. The van der Waals surface area contributed by atoms with Crippen LogP contribution in [0.3, 0.4) is 0 Å². The highest BCUT2D eigenvalue weighted by molar-refractivity contribution is 5.63. The van der Waals surface area contributed by atoms with Gasteiger partial charge in [-0.2, -0.15) is 10.2 Å². The summed E-state index contributed by atoms with van der Waals surface area (Å²) in [5.41, 5.74) is 5.22. The average molecular weight is 268 g/mol. The van der Waals surface area contributed by atoms with Gasteiger partial charge in [0.1, 0.15) is 5.75 Å². The Morgan fingerprint density at radius 3 is 2.60 bits per heavy atom. The maximum Gasteiger partial charge on any atom is 0.119 e. The van der Waals surface area contributed by atoms with E-state index in [2.05, 4.69) is 30.1 Å². The summed E-state index contributed by atoms with van der Waals surface area (Å²) in [7, 11) is 0. The van der Waals surface area contributed by atoms with Crippen molar-refractivity contribution in [2.24, 2.45) is 0 Å². The van der Waals surface area contributed by atoms with E-state index in [0.29, 0.717) is 11.7 Å². The molecule has 0 bridgehead atoms. The molecule has 1 heterocycles. The molecule has 0 fully saturated rings. The SMILES string of the molecule is CC(C)c1ccc(-c2cc3c(nn2)CCCC3)cc1O. The Bertz CT molecular complexity index is 635. The first-order chi connectivity index (χ1) is 9.65. The van der Waals surface area contributed by atoms with Gasteiger partial charge in [0, 0.05) is 5.56 Å². The van der Waals surface area contributed by atoms with E-state index >= 15 is 0 Å². The van der Waals surface area contributed by atoms with Crippen molar-refractivity contribution in [3.05, 3.63) is 41.1 Å². The van der Waals surface area contributed by atoms with Crippen molar-refractivity contribution in [1.29, 1.82) is 0 Å². The molecule has 0 radical (unpaired) electrons. The molecule has 1 N–H and O–H groups in total. The minimum atomic E-state index is 0.318. The summed E-state index contributed by atoms with van der Waals surface area (Å²) in [5.74, 6) is 0.663. The van der Waals surface area contributed by atoms with Crippen molar-refractivity contribution < 1.29 is 5.11 Å². The van der Waals surface area contributed by atoms with Crippen LogP contribution in [0.4, 0.5) is 0 Å². The second kappa shape index (κ2) is 5.23. The Morgan fingerprint density at radius 1 is 1.05 bits per heavy atom. The predicted octanol–water partition coefficient (Wildman–Crippen LogP) is 3.85. The van der Waals surface area contributed by atoms with E-state index in [1.807, 2.05) is 12.1 Å². The van der Waals surface area contributed by atoms with Crippen LogP contribution in [-0.4, -0.2) is 15.3 Å². The molecule has 1 aliphatic carbocycles. The van der Waals surface area contributed by atoms with Crippen molar-refractivity contribution in [2.45, 2.75) is 45.4 Å². The van der Waals surface area contributed by atoms with Crippen LogP contribution in [-0.2, 0) is 12.8 Å². The summed E-state index contributed by atoms with van der Waals surface area (Å²) in [5, 5.41) is 18.8. The fourth-order valence-electron chi connectivity index (χ4n) is 2.82. The van der Waals surface area contributed by atoms with E-state index < -0.39 is 0 Å². The summed E-state index contributed by atoms with van der Waals surface area (Å²) in [6.45, 7) is 4.15. The Morgan fingerprint density at radius 2 is 1.85 bits per heavy atom. The topological polar surface area (TPSA) is 46.0 Å². The van der Waals surface area contributed by atoms with E-state index in [0.717, 1.165) is 35.4 Å². The van der Waals surface area contributed by atoms with Gasteiger partial charge in [0.15, 0.2) is 0 Å². The molecule has 3 nitrogen and oxygen atoms in total. The van der Waals surface area contributed by atoms with E-state index in [1.165, 1.54) is 18.4 Å². The molecule has 0 saturated heterocycles. The number of phenols is 1. The van der Waals surface area contributed by atoms with Crippen LogP contribution in [0.25, 0.3) is 11.3 Å². The van der Waals surface area contributed by atoms with E-state index in [-0.39, 0.29) is 0 Å². The molecule has 3 heteroatoms. The van der Waals surface area contributed by atoms with Crippen LogP contribution in [0.5, 0.6) is 5.75 Å². The van der Waals surface area contributed by atoms with Gasteiger partial charge in [-0.05, 0) is 54.9 Å². The Hall–Kier alpha value is -1.90. The fraction of sp³-hybridized carbons (Fsp3) is 0.412. The summed E-state index contributed by atoms with van der Waals surface area (Å²) >= 11 is 0. The third-order valence-corrected chi connectivity index (χ3v) is 4.02. The molecule has 0 unspecified atom stereocenters. The minimum Gasteiger partial charge on any atom is -0.508 e. The van der Waals surface area contributed by atoms with E-state index in [1.54, 1.807) is 6.07 Å². The molecular weight excluding hydrogens is 248 g/mol. The Labute approximate surface area is 119 Å². The molecule has 2 aromatic rings. The zero-order valence-electron chi connectivity index (χ0n) is 12.1. The molecule has 0 aliphatic heterocycles. The smallest absolute Gasteiger partial charge is 0.119 e. The van der Waals surface area contributed by atoms with Crippen LogP contribution < -0.4 is 0 Å². The number of rotatable bonds is 2. The van der Waals surface area contributed by atoms with E-state index in [9.17, 15) is 5.11 Å². The quantitative estimate of drug-likeness (QED) is 0.899. The maximum atomic E-state index is 10.1. The molecule has 0 spiro atoms. The third kappa shape index (κ3) is 2.40. The highest BCUT2D eigenvalue weighted by Crippen LogP contribution is 2.31. The van der Waals surface area contributed by atoms with Crippen LogP contribution in [0, 0.1) is 0 Å². The summed E-state index contributed by atoms with van der Waals surface area (Å²) in [6.07, 6.45) is 4.58. The third-order valence-electron chi connectivity index (χ3n) is 4.02. The van der Waals surface area contributed by atoms with Crippen LogP contribution in [0.1, 0.15) is 49.4 Å². The molecule has 0 saturated carbocycles. The average Bonchev–Trinajstić information content (AvgIpc) is 2.46. The lowest BCUT2D eigenvalue weighted by molar-refractivity contribution is 0.465. The number of hydrogen-bond acceptors (Lipinski definition) is 3. The molecule has 1 aromatic heterocycles. The summed E-state index contributed by atoms with van der Waals surface area (Å²) in [6, 6.07) is 7.94. The summed E-state index contributed by atoms with van der Waals surface area (Å²) < 4.78 is 0. The zero-order valence-corrected chi connectivity index (χ0v) is 12.1. The van der Waals surface area contributed by atoms with E-state index in [4.69, 9.17) is 0 Å². The van der Waals surface area contributed by atoms with Gasteiger partial charge in [0.2, 0.25) is 0 Å². The van der Waals surface area contributed by atoms with Crippen molar-refractivity contribution in [3.63, 3.8) is 0 Å². The van der Waals surface area contributed by atoms with Gasteiger partial charge < -0.3 is 5.11 Å². The van der Waals surface area contributed by atoms with Crippen molar-refractivity contribution >= 4 is 0 Å². The van der Waals surface area contributed by atoms with Crippen molar-refractivity contribution in [3.8, 4) is 17.0 Å². The van der Waals surface area contributed by atoms with Gasteiger partial charge in [-0.1, -0.05) is 26.0 Å². The Kier molecular flexibility index (Phi) is 3.43. The first-order valence-electron chi connectivity index (χ1n) is 7.34. The molecule has 0 amide bonds. The standard InChI is InChI=1S/C17H20N2O/c1-11(2)14-8-7-13(10-17(14)20)16-9-12-5-3-4-6-15(12)18-19-16/h7-11,20H,3-6H2,1-2H3. The zero-order chi connectivity index (χ0) is 14.1. The van der Waals surface area contributed by atoms with Gasteiger partial charge in [0.05, 0.1) is 11.4 Å². The molecule has 20 heavy (non-hydrogen) atoms. The van der Waals surface area contributed by atoms with Gasteiger partial charge in [-0.15, -0.1) is 0 Å². The van der Waals surface area contributed by atoms with Crippen LogP contribution >= 0.6 is 0 Å². The lowest BCUT2D eigenvalue weighted by atomic mass is 9.94. The van der Waals surface area contributed by atoms with Gasteiger partial charge in [-0.25, -0.2) is 0 Å². The number of benzene rings is 1. The van der Waals surface area contributed by atoms with Gasteiger partial charge in [0.25, 0.3) is 0 Å². The fourth-order valence-corrected chi connectivity index (χ4v) is 2.82. The lowest BCUT2D eigenvalue weighted by Crippen LogP contribution is -2.07. The predicted molar refractivity (Wildman–Crippen MR) is 79.9 cm³/mol. The second-order valence-electron chi connectivity index (χ2n) is 5.84. The summed E-state index contributed by atoms with van der Waals surface area (Å²) in [4.78, 5) is 0. The number of nitrogens with zero attached hydrogens (tertiary/aromatic N) is 2. The molecule has 1 aliphatic rings. The van der Waals surface area contributed by atoms with Crippen molar-refractivity contribution in [2.75, 3.05) is 0 Å². The first-order valence-corrected chi connectivity index (χ1v) is 7.34. The number of fused-ring (bicyclic) bond motifs is 1. The maximum absolute atomic E-state index is 10.1. The Balaban J connectivity index is 1.99. The number of aryl methyl sites for hydroxylation is 2.